The van der Waals surface area contributed by atoms with Gasteiger partial charge in [0.1, 0.15) is 5.82 Å². The quantitative estimate of drug-likeness (QED) is 0.587. The fourth-order valence-electron chi connectivity index (χ4n) is 2.99. The predicted molar refractivity (Wildman–Crippen MR) is 101 cm³/mol. The average Bonchev–Trinajstić information content (AvgIpc) is 2.61. The predicted octanol–water partition coefficient (Wildman–Crippen LogP) is 3.14. The van der Waals surface area contributed by atoms with Gasteiger partial charge in [0.2, 0.25) is 0 Å². The molecule has 0 aliphatic carbocycles. The summed E-state index contributed by atoms with van der Waals surface area (Å²) in [7, 11) is -4.44. The van der Waals surface area contributed by atoms with Crippen LogP contribution in [-0.4, -0.2) is 37.3 Å². The van der Waals surface area contributed by atoms with E-state index in [0.29, 0.717) is 17.1 Å². The zero-order valence-electron chi connectivity index (χ0n) is 13.8. The number of nitrogens with one attached hydrogen (secondary N) is 1. The average molecular weight is 436 g/mol. The van der Waals surface area contributed by atoms with Crippen molar-refractivity contribution < 1.29 is 17.7 Å². The highest BCUT2D eigenvalue weighted by molar-refractivity contribution is 7.89. The van der Waals surface area contributed by atoms with Gasteiger partial charge in [0.05, 0.1) is 11.0 Å². The molecule has 1 heterocycles. The summed E-state index contributed by atoms with van der Waals surface area (Å²) in [6, 6.07) is 9.00. The summed E-state index contributed by atoms with van der Waals surface area (Å²) in [4.78, 5) is 9.41. The van der Waals surface area contributed by atoms with Gasteiger partial charge in [-0.25, -0.2) is 12.8 Å². The molecule has 0 radical (unpaired) electrons. The Hall–Kier alpha value is -1.78. The minimum Gasteiger partial charge on any atom is -0.313 e. The van der Waals surface area contributed by atoms with Crippen LogP contribution in [0.3, 0.4) is 0 Å². The molecule has 7 nitrogen and oxygen atoms in total. The third-order valence-electron chi connectivity index (χ3n) is 4.14. The largest absolute Gasteiger partial charge is 0.313 e. The van der Waals surface area contributed by atoms with Crippen LogP contribution in [0.25, 0.3) is 0 Å². The Kier molecular flexibility index (Phi) is 6.77. The van der Waals surface area contributed by atoms with Gasteiger partial charge in [-0.05, 0) is 23.8 Å². The summed E-state index contributed by atoms with van der Waals surface area (Å²) in [6.45, 7) is 0.672. The third-order valence-corrected chi connectivity index (χ3v) is 6.35. The molecule has 1 unspecified atom stereocenters. The number of nitro groups is 1. The Morgan fingerprint density at radius 2 is 1.96 bits per heavy atom. The second kappa shape index (κ2) is 8.49. The molecule has 1 saturated heterocycles. The Morgan fingerprint density at radius 3 is 2.63 bits per heavy atom. The van der Waals surface area contributed by atoms with E-state index in [1.54, 1.807) is 24.3 Å². The smallest absolute Gasteiger partial charge is 0.292 e. The van der Waals surface area contributed by atoms with Crippen LogP contribution in [-0.2, 0) is 10.0 Å². The monoisotopic (exact) mass is 435 g/mol. The van der Waals surface area contributed by atoms with Crippen LogP contribution in [0.4, 0.5) is 10.1 Å². The molecule has 0 bridgehead atoms. The number of benzene rings is 2. The number of halogens is 3. The third kappa shape index (κ3) is 4.22. The van der Waals surface area contributed by atoms with Crippen LogP contribution >= 0.6 is 24.0 Å². The maximum atomic E-state index is 14.3. The zero-order chi connectivity index (χ0) is 18.9. The molecule has 1 aliphatic rings. The lowest BCUT2D eigenvalue weighted by atomic mass is 10.1. The van der Waals surface area contributed by atoms with Crippen molar-refractivity contribution in [3.8, 4) is 0 Å². The van der Waals surface area contributed by atoms with Gasteiger partial charge in [0.15, 0.2) is 4.90 Å². The molecule has 1 atom stereocenters. The van der Waals surface area contributed by atoms with E-state index in [0.717, 1.165) is 22.5 Å². The molecule has 0 amide bonds. The standard InChI is InChI=1S/C16H15ClFN3O4S.ClH/c17-12-4-1-3-11(9-12)15-10-19-7-8-20(15)26(24,25)16-13(18)5-2-6-14(16)21(22)23;/h1-6,9,15,19H,7-8,10H2;1H. The summed E-state index contributed by atoms with van der Waals surface area (Å²) >= 11 is 6.00. The summed E-state index contributed by atoms with van der Waals surface area (Å²) in [6.07, 6.45) is 0. The van der Waals surface area contributed by atoms with Gasteiger partial charge in [-0.2, -0.15) is 4.31 Å². The van der Waals surface area contributed by atoms with Gasteiger partial charge in [-0.3, -0.25) is 10.1 Å². The minimum absolute atomic E-state index is 0. The Morgan fingerprint density at radius 1 is 1.26 bits per heavy atom. The first-order valence-electron chi connectivity index (χ1n) is 7.73. The van der Waals surface area contributed by atoms with Gasteiger partial charge in [-0.1, -0.05) is 29.8 Å². The first-order valence-corrected chi connectivity index (χ1v) is 9.55. The second-order valence-corrected chi connectivity index (χ2v) is 8.00. The van der Waals surface area contributed by atoms with Crippen LogP contribution in [0.5, 0.6) is 0 Å². The van der Waals surface area contributed by atoms with E-state index in [1.165, 1.54) is 0 Å². The first kappa shape index (κ1) is 21.5. The van der Waals surface area contributed by atoms with E-state index in [4.69, 9.17) is 11.6 Å². The topological polar surface area (TPSA) is 92.5 Å². The van der Waals surface area contributed by atoms with E-state index in [-0.39, 0.29) is 25.5 Å². The zero-order valence-corrected chi connectivity index (χ0v) is 16.2. The molecule has 1 N–H and O–H groups in total. The van der Waals surface area contributed by atoms with Crippen molar-refractivity contribution in [1.29, 1.82) is 0 Å². The van der Waals surface area contributed by atoms with E-state index in [2.05, 4.69) is 5.32 Å². The molecule has 0 aromatic heterocycles. The van der Waals surface area contributed by atoms with Crippen molar-refractivity contribution in [2.24, 2.45) is 0 Å². The molecule has 0 saturated carbocycles. The van der Waals surface area contributed by atoms with Crippen molar-refractivity contribution >= 4 is 39.7 Å². The number of hydrogen-bond donors (Lipinski definition) is 1. The van der Waals surface area contributed by atoms with Crippen LogP contribution in [0.2, 0.25) is 5.02 Å². The summed E-state index contributed by atoms with van der Waals surface area (Å²) in [5.41, 5.74) is -0.166. The number of nitrogens with zero attached hydrogens (tertiary/aromatic N) is 2. The van der Waals surface area contributed by atoms with Crippen LogP contribution in [0.15, 0.2) is 47.4 Å². The molecular formula is C16H16Cl2FN3O4S. The van der Waals surface area contributed by atoms with Crippen molar-refractivity contribution in [2.75, 3.05) is 19.6 Å². The molecule has 2 aromatic carbocycles. The van der Waals surface area contributed by atoms with Crippen molar-refractivity contribution in [2.45, 2.75) is 10.9 Å². The van der Waals surface area contributed by atoms with Crippen molar-refractivity contribution in [3.63, 3.8) is 0 Å². The fraction of sp³-hybridized carbons (Fsp3) is 0.250. The highest BCUT2D eigenvalue weighted by Gasteiger charge is 2.40. The van der Waals surface area contributed by atoms with E-state index >= 15 is 0 Å². The van der Waals surface area contributed by atoms with Gasteiger partial charge in [0, 0.05) is 30.7 Å². The molecule has 146 valence electrons. The Balaban J connectivity index is 0.00000261. The molecule has 2 aromatic rings. The number of rotatable bonds is 4. The summed E-state index contributed by atoms with van der Waals surface area (Å²) < 4.78 is 41.6. The lowest BCUT2D eigenvalue weighted by Gasteiger charge is -2.35. The van der Waals surface area contributed by atoms with Gasteiger partial charge >= 0.3 is 0 Å². The number of sulfonamides is 1. The highest BCUT2D eigenvalue weighted by atomic mass is 35.5. The maximum Gasteiger partial charge on any atom is 0.292 e. The Bertz CT molecular complexity index is 958. The van der Waals surface area contributed by atoms with Crippen molar-refractivity contribution in [3.05, 3.63) is 69.0 Å². The van der Waals surface area contributed by atoms with E-state index in [1.807, 2.05) is 0 Å². The minimum atomic E-state index is -4.44. The molecule has 1 fully saturated rings. The highest BCUT2D eigenvalue weighted by Crippen LogP contribution is 2.35. The SMILES string of the molecule is Cl.O=[N+]([O-])c1cccc(F)c1S(=O)(=O)N1CCNCC1c1cccc(Cl)c1. The molecule has 3 rings (SSSR count). The number of nitro benzene ring substituents is 1. The molecule has 11 heteroatoms. The number of piperazine rings is 1. The molecule has 1 aliphatic heterocycles. The van der Waals surface area contributed by atoms with E-state index < -0.39 is 37.4 Å². The van der Waals surface area contributed by atoms with Crippen LogP contribution in [0, 0.1) is 15.9 Å². The Labute approximate surface area is 166 Å². The maximum absolute atomic E-state index is 14.3. The van der Waals surface area contributed by atoms with E-state index in [9.17, 15) is 22.9 Å². The lowest BCUT2D eigenvalue weighted by Crippen LogP contribution is -2.48. The molecule has 27 heavy (non-hydrogen) atoms. The first-order chi connectivity index (χ1) is 12.3. The van der Waals surface area contributed by atoms with Gasteiger partial charge < -0.3 is 5.32 Å². The lowest BCUT2D eigenvalue weighted by molar-refractivity contribution is -0.388. The molecular weight excluding hydrogens is 420 g/mol. The fourth-order valence-corrected chi connectivity index (χ4v) is 5.00. The summed E-state index contributed by atoms with van der Waals surface area (Å²) in [5.74, 6) is -1.15. The van der Waals surface area contributed by atoms with Crippen LogP contribution in [0.1, 0.15) is 11.6 Å². The summed E-state index contributed by atoms with van der Waals surface area (Å²) in [5, 5.41) is 14.7. The van der Waals surface area contributed by atoms with Gasteiger partial charge in [0.25, 0.3) is 15.7 Å². The normalized spacial score (nSPS) is 17.9. The number of hydrogen-bond acceptors (Lipinski definition) is 5. The van der Waals surface area contributed by atoms with Crippen molar-refractivity contribution in [1.82, 2.24) is 9.62 Å². The molecule has 0 spiro atoms. The van der Waals surface area contributed by atoms with Gasteiger partial charge in [-0.15, -0.1) is 12.4 Å². The second-order valence-electron chi connectivity index (χ2n) is 5.74. The van der Waals surface area contributed by atoms with Crippen LogP contribution < -0.4 is 5.32 Å².